The summed E-state index contributed by atoms with van der Waals surface area (Å²) in [5, 5.41) is 2.96. The lowest BCUT2D eigenvalue weighted by molar-refractivity contribution is -0.128. The molecule has 0 radical (unpaired) electrons. The first-order valence-electron chi connectivity index (χ1n) is 6.36. The fourth-order valence-corrected chi connectivity index (χ4v) is 2.42. The van der Waals surface area contributed by atoms with E-state index in [1.807, 2.05) is 30.3 Å². The van der Waals surface area contributed by atoms with Gasteiger partial charge in [0.2, 0.25) is 11.8 Å². The number of benzene rings is 1. The lowest BCUT2D eigenvalue weighted by Gasteiger charge is -2.15. The molecule has 1 heterocycles. The predicted molar refractivity (Wildman–Crippen MR) is 74.0 cm³/mol. The van der Waals surface area contributed by atoms with E-state index >= 15 is 0 Å². The lowest BCUT2D eigenvalue weighted by Crippen LogP contribution is -2.39. The number of halogens is 1. The van der Waals surface area contributed by atoms with Gasteiger partial charge in [-0.2, -0.15) is 0 Å². The molecule has 0 aromatic heterocycles. The van der Waals surface area contributed by atoms with Gasteiger partial charge < -0.3 is 10.2 Å². The first-order valence-corrected chi connectivity index (χ1v) is 6.89. The maximum absolute atomic E-state index is 11.9. The quantitative estimate of drug-likeness (QED) is 0.842. The number of hydrogen-bond acceptors (Lipinski definition) is 2. The number of alkyl halides is 1. The van der Waals surface area contributed by atoms with Gasteiger partial charge in [-0.3, -0.25) is 9.59 Å². The van der Waals surface area contributed by atoms with Crippen LogP contribution in [0.4, 0.5) is 0 Å². The molecule has 1 aromatic carbocycles. The maximum Gasteiger partial charge on any atom is 0.237 e. The van der Waals surface area contributed by atoms with Crippen LogP contribution in [-0.2, 0) is 16.0 Å². The molecule has 1 N–H and O–H groups in total. The number of rotatable bonds is 4. The molecule has 0 saturated carbocycles. The number of likely N-dealkylation sites (tertiary alicyclic amines) is 1. The molecule has 1 aliphatic rings. The van der Waals surface area contributed by atoms with Crippen molar-refractivity contribution in [3.05, 3.63) is 35.9 Å². The Morgan fingerprint density at radius 2 is 2.05 bits per heavy atom. The van der Waals surface area contributed by atoms with Crippen molar-refractivity contribution in [1.82, 2.24) is 10.2 Å². The summed E-state index contributed by atoms with van der Waals surface area (Å²) in [7, 11) is 0. The Balaban J connectivity index is 1.79. The van der Waals surface area contributed by atoms with Gasteiger partial charge in [0.1, 0.15) is 5.88 Å². The number of hydrogen-bond donors (Lipinski definition) is 1. The third kappa shape index (κ3) is 3.96. The summed E-state index contributed by atoms with van der Waals surface area (Å²) in [6.45, 7) is 1.23. The van der Waals surface area contributed by atoms with Crippen molar-refractivity contribution < 1.29 is 9.59 Å². The number of nitrogens with one attached hydrogen (secondary N) is 1. The molecule has 4 nitrogen and oxygen atoms in total. The Hall–Kier alpha value is -1.55. The second kappa shape index (κ2) is 6.57. The Bertz CT molecular complexity index is 450. The van der Waals surface area contributed by atoms with Crippen LogP contribution in [0.2, 0.25) is 0 Å². The summed E-state index contributed by atoms with van der Waals surface area (Å²) in [5.74, 6) is -0.0668. The maximum atomic E-state index is 11.9. The molecule has 0 spiro atoms. The molecule has 0 bridgehead atoms. The second-order valence-electron chi connectivity index (χ2n) is 4.69. The molecule has 2 amide bonds. The molecule has 19 heavy (non-hydrogen) atoms. The minimum atomic E-state index is -0.0681. The summed E-state index contributed by atoms with van der Waals surface area (Å²) in [6.07, 6.45) is 1.17. The minimum Gasteiger partial charge on any atom is -0.351 e. The summed E-state index contributed by atoms with van der Waals surface area (Å²) in [5.41, 5.74) is 0.992. The van der Waals surface area contributed by atoms with E-state index in [0.717, 1.165) is 12.0 Å². The standard InChI is InChI=1S/C14H17ClN2O2/c15-9-14(19)17-7-6-12(10-17)16-13(18)8-11-4-2-1-3-5-11/h1-5,12H,6-10H2,(H,16,18). The topological polar surface area (TPSA) is 49.4 Å². The van der Waals surface area contributed by atoms with Crippen LogP contribution in [0.15, 0.2) is 30.3 Å². The van der Waals surface area contributed by atoms with E-state index in [1.165, 1.54) is 0 Å². The predicted octanol–water partition coefficient (Wildman–Crippen LogP) is 1.18. The Morgan fingerprint density at radius 3 is 2.74 bits per heavy atom. The molecule has 0 aliphatic carbocycles. The highest BCUT2D eigenvalue weighted by atomic mass is 35.5. The van der Waals surface area contributed by atoms with Gasteiger partial charge in [-0.15, -0.1) is 11.6 Å². The molecule has 5 heteroatoms. The molecule has 1 saturated heterocycles. The van der Waals surface area contributed by atoms with Gasteiger partial charge in [0.25, 0.3) is 0 Å². The van der Waals surface area contributed by atoms with Crippen molar-refractivity contribution in [1.29, 1.82) is 0 Å². The minimum absolute atomic E-state index is 0.00336. The van der Waals surface area contributed by atoms with E-state index in [9.17, 15) is 9.59 Å². The van der Waals surface area contributed by atoms with Crippen LogP contribution in [0.3, 0.4) is 0 Å². The number of amides is 2. The highest BCUT2D eigenvalue weighted by Crippen LogP contribution is 2.10. The van der Waals surface area contributed by atoms with E-state index in [1.54, 1.807) is 4.90 Å². The molecule has 1 aliphatic heterocycles. The molecule has 1 atom stereocenters. The first kappa shape index (κ1) is 13.9. The first-order chi connectivity index (χ1) is 9.19. The van der Waals surface area contributed by atoms with Gasteiger partial charge in [-0.05, 0) is 12.0 Å². The van der Waals surface area contributed by atoms with Crippen LogP contribution in [0.25, 0.3) is 0 Å². The largest absolute Gasteiger partial charge is 0.351 e. The highest BCUT2D eigenvalue weighted by Gasteiger charge is 2.26. The van der Waals surface area contributed by atoms with Crippen LogP contribution >= 0.6 is 11.6 Å². The van der Waals surface area contributed by atoms with Crippen molar-refractivity contribution >= 4 is 23.4 Å². The van der Waals surface area contributed by atoms with Gasteiger partial charge in [0.05, 0.1) is 6.42 Å². The fourth-order valence-electron chi connectivity index (χ4n) is 2.25. The Kier molecular flexibility index (Phi) is 4.80. The molecule has 1 aromatic rings. The van der Waals surface area contributed by atoms with Gasteiger partial charge >= 0.3 is 0 Å². The Labute approximate surface area is 117 Å². The normalized spacial score (nSPS) is 18.4. The van der Waals surface area contributed by atoms with Crippen molar-refractivity contribution in [2.24, 2.45) is 0 Å². The van der Waals surface area contributed by atoms with Gasteiger partial charge in [0.15, 0.2) is 0 Å². The van der Waals surface area contributed by atoms with Crippen LogP contribution in [0.5, 0.6) is 0 Å². The van der Waals surface area contributed by atoms with E-state index < -0.39 is 0 Å². The van der Waals surface area contributed by atoms with Crippen LogP contribution in [0, 0.1) is 0 Å². The van der Waals surface area contributed by atoms with Crippen molar-refractivity contribution in [3.63, 3.8) is 0 Å². The summed E-state index contributed by atoms with van der Waals surface area (Å²) < 4.78 is 0. The summed E-state index contributed by atoms with van der Waals surface area (Å²) >= 11 is 5.51. The van der Waals surface area contributed by atoms with E-state index in [0.29, 0.717) is 19.5 Å². The summed E-state index contributed by atoms with van der Waals surface area (Å²) in [6, 6.07) is 9.66. The van der Waals surface area contributed by atoms with E-state index in [-0.39, 0.29) is 23.7 Å². The monoisotopic (exact) mass is 280 g/mol. The zero-order valence-corrected chi connectivity index (χ0v) is 11.4. The Morgan fingerprint density at radius 1 is 1.32 bits per heavy atom. The molecule has 2 rings (SSSR count). The third-order valence-corrected chi connectivity index (χ3v) is 3.46. The number of nitrogens with zero attached hydrogens (tertiary/aromatic N) is 1. The van der Waals surface area contributed by atoms with Gasteiger partial charge in [-0.25, -0.2) is 0 Å². The fraction of sp³-hybridized carbons (Fsp3) is 0.429. The average Bonchev–Trinajstić information content (AvgIpc) is 2.87. The zero-order valence-electron chi connectivity index (χ0n) is 10.6. The van der Waals surface area contributed by atoms with Crippen LogP contribution in [0.1, 0.15) is 12.0 Å². The second-order valence-corrected chi connectivity index (χ2v) is 4.96. The van der Waals surface area contributed by atoms with Crippen molar-refractivity contribution in [2.45, 2.75) is 18.9 Å². The molecule has 1 unspecified atom stereocenters. The van der Waals surface area contributed by atoms with Crippen LogP contribution in [-0.4, -0.2) is 41.7 Å². The van der Waals surface area contributed by atoms with Crippen LogP contribution < -0.4 is 5.32 Å². The highest BCUT2D eigenvalue weighted by molar-refractivity contribution is 6.27. The van der Waals surface area contributed by atoms with Crippen molar-refractivity contribution in [3.8, 4) is 0 Å². The van der Waals surface area contributed by atoms with Gasteiger partial charge in [0, 0.05) is 19.1 Å². The third-order valence-electron chi connectivity index (χ3n) is 3.23. The summed E-state index contributed by atoms with van der Waals surface area (Å²) in [4.78, 5) is 25.0. The van der Waals surface area contributed by atoms with E-state index in [4.69, 9.17) is 11.6 Å². The smallest absolute Gasteiger partial charge is 0.237 e. The number of carbonyl (C=O) groups is 2. The molecular weight excluding hydrogens is 264 g/mol. The SMILES string of the molecule is O=C(Cc1ccccc1)NC1CCN(C(=O)CCl)C1. The number of carbonyl (C=O) groups excluding carboxylic acids is 2. The molecule has 102 valence electrons. The molecular formula is C14H17ClN2O2. The van der Waals surface area contributed by atoms with E-state index in [2.05, 4.69) is 5.32 Å². The van der Waals surface area contributed by atoms with Crippen molar-refractivity contribution in [2.75, 3.05) is 19.0 Å². The zero-order chi connectivity index (χ0) is 13.7. The van der Waals surface area contributed by atoms with Gasteiger partial charge in [-0.1, -0.05) is 30.3 Å². The lowest BCUT2D eigenvalue weighted by atomic mass is 10.1. The average molecular weight is 281 g/mol. The molecule has 1 fully saturated rings.